The molecule has 1 atom stereocenters. The van der Waals surface area contributed by atoms with Crippen molar-refractivity contribution in [2.24, 2.45) is 5.92 Å². The number of pyridine rings is 1. The number of aromatic nitrogens is 1. The molecule has 1 unspecified atom stereocenters. The summed E-state index contributed by atoms with van der Waals surface area (Å²) in [5, 5.41) is 4.77. The summed E-state index contributed by atoms with van der Waals surface area (Å²) in [6, 6.07) is 11.2. The standard InChI is InChI=1S/C15H18N2/c1-10-9-13(15(16-2)11-7-8-11)12-5-3-4-6-14(12)17-10/h3-6,9,11,15-16H,7-8H2,1-2H3. The molecule has 0 amide bonds. The number of hydrogen-bond acceptors (Lipinski definition) is 2. The van der Waals surface area contributed by atoms with Crippen LogP contribution in [0.2, 0.25) is 0 Å². The van der Waals surface area contributed by atoms with Gasteiger partial charge in [0, 0.05) is 17.1 Å². The Morgan fingerprint density at radius 1 is 1.29 bits per heavy atom. The van der Waals surface area contributed by atoms with Gasteiger partial charge in [-0.1, -0.05) is 18.2 Å². The van der Waals surface area contributed by atoms with Crippen LogP contribution < -0.4 is 5.32 Å². The van der Waals surface area contributed by atoms with E-state index in [9.17, 15) is 0 Å². The predicted octanol–water partition coefficient (Wildman–Crippen LogP) is 3.21. The first-order valence-corrected chi connectivity index (χ1v) is 6.33. The largest absolute Gasteiger partial charge is 0.313 e. The van der Waals surface area contributed by atoms with Crippen molar-refractivity contribution in [3.8, 4) is 0 Å². The molecule has 1 aromatic heterocycles. The van der Waals surface area contributed by atoms with Crippen LogP contribution >= 0.6 is 0 Å². The van der Waals surface area contributed by atoms with Crippen LogP contribution in [0, 0.1) is 12.8 Å². The molecule has 1 saturated carbocycles. The van der Waals surface area contributed by atoms with Crippen LogP contribution in [0.25, 0.3) is 10.9 Å². The van der Waals surface area contributed by atoms with Crippen LogP contribution in [-0.2, 0) is 0 Å². The Kier molecular flexibility index (Phi) is 2.60. The summed E-state index contributed by atoms with van der Waals surface area (Å²) in [4.78, 5) is 4.60. The fraction of sp³-hybridized carbons (Fsp3) is 0.400. The SMILES string of the molecule is CNC(c1cc(C)nc2ccccc12)C1CC1. The third-order valence-electron chi connectivity index (χ3n) is 3.62. The molecule has 2 heteroatoms. The highest BCUT2D eigenvalue weighted by Gasteiger charge is 2.32. The summed E-state index contributed by atoms with van der Waals surface area (Å²) in [7, 11) is 2.06. The van der Waals surface area contributed by atoms with Gasteiger partial charge in [-0.15, -0.1) is 0 Å². The second kappa shape index (κ2) is 4.11. The predicted molar refractivity (Wildman–Crippen MR) is 71.0 cm³/mol. The molecule has 0 bridgehead atoms. The van der Waals surface area contributed by atoms with E-state index in [0.29, 0.717) is 6.04 Å². The van der Waals surface area contributed by atoms with Gasteiger partial charge in [-0.25, -0.2) is 0 Å². The van der Waals surface area contributed by atoms with Crippen molar-refractivity contribution in [1.29, 1.82) is 0 Å². The molecular weight excluding hydrogens is 208 g/mol. The lowest BCUT2D eigenvalue weighted by Gasteiger charge is -2.18. The third-order valence-corrected chi connectivity index (χ3v) is 3.62. The van der Waals surface area contributed by atoms with E-state index < -0.39 is 0 Å². The summed E-state index contributed by atoms with van der Waals surface area (Å²) in [6.07, 6.45) is 2.70. The van der Waals surface area contributed by atoms with Gasteiger partial charge in [-0.3, -0.25) is 4.98 Å². The molecule has 1 aromatic carbocycles. The second-order valence-electron chi connectivity index (χ2n) is 4.97. The monoisotopic (exact) mass is 226 g/mol. The van der Waals surface area contributed by atoms with Crippen molar-refractivity contribution in [3.63, 3.8) is 0 Å². The Morgan fingerprint density at radius 2 is 2.06 bits per heavy atom. The van der Waals surface area contributed by atoms with Crippen molar-refractivity contribution in [2.75, 3.05) is 7.05 Å². The molecule has 2 aromatic rings. The average molecular weight is 226 g/mol. The number of benzene rings is 1. The van der Waals surface area contributed by atoms with Crippen molar-refractivity contribution >= 4 is 10.9 Å². The quantitative estimate of drug-likeness (QED) is 0.869. The lowest BCUT2D eigenvalue weighted by molar-refractivity contribution is 0.532. The van der Waals surface area contributed by atoms with E-state index in [0.717, 1.165) is 17.1 Å². The second-order valence-corrected chi connectivity index (χ2v) is 4.97. The Morgan fingerprint density at radius 3 is 2.76 bits per heavy atom. The summed E-state index contributed by atoms with van der Waals surface area (Å²) < 4.78 is 0. The van der Waals surface area contributed by atoms with Gasteiger partial charge in [0.15, 0.2) is 0 Å². The van der Waals surface area contributed by atoms with Gasteiger partial charge in [0.1, 0.15) is 0 Å². The first-order valence-electron chi connectivity index (χ1n) is 6.33. The molecule has 1 fully saturated rings. The molecule has 3 rings (SSSR count). The highest BCUT2D eigenvalue weighted by atomic mass is 14.9. The van der Waals surface area contributed by atoms with E-state index >= 15 is 0 Å². The molecule has 88 valence electrons. The average Bonchev–Trinajstić information content (AvgIpc) is 3.14. The molecule has 2 nitrogen and oxygen atoms in total. The van der Waals surface area contributed by atoms with Gasteiger partial charge >= 0.3 is 0 Å². The van der Waals surface area contributed by atoms with Crippen molar-refractivity contribution < 1.29 is 0 Å². The van der Waals surface area contributed by atoms with E-state index in [2.05, 4.69) is 54.6 Å². The highest BCUT2D eigenvalue weighted by Crippen LogP contribution is 2.42. The zero-order chi connectivity index (χ0) is 11.8. The molecule has 1 aliphatic rings. The summed E-state index contributed by atoms with van der Waals surface area (Å²) in [6.45, 7) is 2.08. The number of rotatable bonds is 3. The van der Waals surface area contributed by atoms with Crippen LogP contribution in [-0.4, -0.2) is 12.0 Å². The lowest BCUT2D eigenvalue weighted by Crippen LogP contribution is -2.19. The van der Waals surface area contributed by atoms with Crippen molar-refractivity contribution in [2.45, 2.75) is 25.8 Å². The third kappa shape index (κ3) is 1.93. The molecule has 1 heterocycles. The van der Waals surface area contributed by atoms with Gasteiger partial charge in [0.2, 0.25) is 0 Å². The zero-order valence-electron chi connectivity index (χ0n) is 10.4. The number of fused-ring (bicyclic) bond motifs is 1. The number of hydrogen-bond donors (Lipinski definition) is 1. The highest BCUT2D eigenvalue weighted by molar-refractivity contribution is 5.82. The number of aryl methyl sites for hydroxylation is 1. The Labute approximate surface area is 102 Å². The molecule has 0 aliphatic heterocycles. The molecule has 17 heavy (non-hydrogen) atoms. The summed E-state index contributed by atoms with van der Waals surface area (Å²) >= 11 is 0. The fourth-order valence-electron chi connectivity index (χ4n) is 2.67. The fourth-order valence-corrected chi connectivity index (χ4v) is 2.67. The van der Waals surface area contributed by atoms with Crippen LogP contribution in [0.15, 0.2) is 30.3 Å². The Balaban J connectivity index is 2.19. The maximum Gasteiger partial charge on any atom is 0.0708 e. The van der Waals surface area contributed by atoms with E-state index in [-0.39, 0.29) is 0 Å². The zero-order valence-corrected chi connectivity index (χ0v) is 10.4. The van der Waals surface area contributed by atoms with E-state index in [1.54, 1.807) is 0 Å². The molecular formula is C15H18N2. The topological polar surface area (TPSA) is 24.9 Å². The van der Waals surface area contributed by atoms with E-state index in [1.807, 2.05) is 0 Å². The minimum atomic E-state index is 0.488. The molecule has 0 radical (unpaired) electrons. The van der Waals surface area contributed by atoms with E-state index in [4.69, 9.17) is 0 Å². The molecule has 0 spiro atoms. The minimum Gasteiger partial charge on any atom is -0.313 e. The lowest BCUT2D eigenvalue weighted by atomic mass is 9.97. The van der Waals surface area contributed by atoms with Gasteiger partial charge in [0.25, 0.3) is 0 Å². The molecule has 0 saturated heterocycles. The normalized spacial score (nSPS) is 17.3. The first-order chi connectivity index (χ1) is 8.29. The van der Waals surface area contributed by atoms with Crippen LogP contribution in [0.4, 0.5) is 0 Å². The number of nitrogens with one attached hydrogen (secondary N) is 1. The smallest absolute Gasteiger partial charge is 0.0708 e. The minimum absolute atomic E-state index is 0.488. The first kappa shape index (κ1) is 10.7. The molecule has 1 N–H and O–H groups in total. The van der Waals surface area contributed by atoms with Crippen molar-refractivity contribution in [1.82, 2.24) is 10.3 Å². The van der Waals surface area contributed by atoms with Gasteiger partial charge in [0.05, 0.1) is 5.52 Å². The van der Waals surface area contributed by atoms with Crippen molar-refractivity contribution in [3.05, 3.63) is 41.6 Å². The maximum absolute atomic E-state index is 4.60. The summed E-state index contributed by atoms with van der Waals surface area (Å²) in [5.74, 6) is 0.810. The Bertz CT molecular complexity index is 544. The maximum atomic E-state index is 4.60. The summed E-state index contributed by atoms with van der Waals surface area (Å²) in [5.41, 5.74) is 3.64. The number of nitrogens with zero attached hydrogens (tertiary/aromatic N) is 1. The Hall–Kier alpha value is -1.41. The van der Waals surface area contributed by atoms with E-state index in [1.165, 1.54) is 23.8 Å². The van der Waals surface area contributed by atoms with Crippen LogP contribution in [0.3, 0.4) is 0 Å². The molecule has 1 aliphatic carbocycles. The van der Waals surface area contributed by atoms with Gasteiger partial charge < -0.3 is 5.32 Å². The number of para-hydroxylation sites is 1. The van der Waals surface area contributed by atoms with Gasteiger partial charge in [-0.05, 0) is 50.4 Å². The van der Waals surface area contributed by atoms with Crippen LogP contribution in [0.5, 0.6) is 0 Å². The van der Waals surface area contributed by atoms with Gasteiger partial charge in [-0.2, -0.15) is 0 Å². The van der Waals surface area contributed by atoms with Crippen LogP contribution in [0.1, 0.15) is 30.1 Å².